The van der Waals surface area contributed by atoms with Crippen molar-refractivity contribution in [3.63, 3.8) is 0 Å². The molecule has 132 valence electrons. The van der Waals surface area contributed by atoms with Crippen molar-refractivity contribution in [1.29, 1.82) is 0 Å². The van der Waals surface area contributed by atoms with E-state index in [1.807, 2.05) is 0 Å². The number of aryl methyl sites for hydroxylation is 1. The number of aromatic nitrogens is 5. The zero-order chi connectivity index (χ0) is 18.1. The Morgan fingerprint density at radius 3 is 2.81 bits per heavy atom. The summed E-state index contributed by atoms with van der Waals surface area (Å²) in [6.07, 6.45) is 5.35. The quantitative estimate of drug-likeness (QED) is 0.721. The number of hydrogen-bond donors (Lipinski definition) is 1. The van der Waals surface area contributed by atoms with Crippen LogP contribution in [0.15, 0.2) is 35.6 Å². The van der Waals surface area contributed by atoms with Crippen LogP contribution in [0.25, 0.3) is 11.4 Å². The van der Waals surface area contributed by atoms with Gasteiger partial charge in [0.15, 0.2) is 0 Å². The molecule has 0 saturated carbocycles. The third kappa shape index (κ3) is 3.23. The monoisotopic (exact) mass is 352 g/mol. The Bertz CT molecular complexity index is 1000. The SMILES string of the molecule is Cc1nc(F)ccc1CN1CCc2nc(-c3cncnc3)[nH]c(=O)c2C1. The van der Waals surface area contributed by atoms with Crippen molar-refractivity contribution in [2.24, 2.45) is 0 Å². The van der Waals surface area contributed by atoms with E-state index in [1.165, 1.54) is 12.4 Å². The number of nitrogens with zero attached hydrogens (tertiary/aromatic N) is 5. The smallest absolute Gasteiger partial charge is 0.255 e. The highest BCUT2D eigenvalue weighted by Gasteiger charge is 2.22. The lowest BCUT2D eigenvalue weighted by Gasteiger charge is -2.28. The maximum absolute atomic E-state index is 13.2. The molecule has 0 atom stereocenters. The molecule has 3 aromatic heterocycles. The van der Waals surface area contributed by atoms with Gasteiger partial charge in [-0.2, -0.15) is 4.39 Å². The molecule has 0 aliphatic carbocycles. The predicted octanol–water partition coefficient (Wildman–Crippen LogP) is 1.63. The van der Waals surface area contributed by atoms with Crippen LogP contribution >= 0.6 is 0 Å². The summed E-state index contributed by atoms with van der Waals surface area (Å²) in [5.41, 5.74) is 3.64. The zero-order valence-corrected chi connectivity index (χ0v) is 14.2. The van der Waals surface area contributed by atoms with Gasteiger partial charge >= 0.3 is 0 Å². The van der Waals surface area contributed by atoms with Crippen molar-refractivity contribution < 1.29 is 4.39 Å². The van der Waals surface area contributed by atoms with E-state index in [2.05, 4.69) is 29.8 Å². The number of hydrogen-bond acceptors (Lipinski definition) is 6. The van der Waals surface area contributed by atoms with Crippen LogP contribution in [0, 0.1) is 12.9 Å². The number of halogens is 1. The van der Waals surface area contributed by atoms with Gasteiger partial charge in [0.2, 0.25) is 5.95 Å². The average molecular weight is 352 g/mol. The van der Waals surface area contributed by atoms with Gasteiger partial charge in [-0.25, -0.2) is 19.9 Å². The first-order valence-electron chi connectivity index (χ1n) is 8.32. The number of H-pyrrole nitrogens is 1. The average Bonchev–Trinajstić information content (AvgIpc) is 2.65. The molecule has 0 amide bonds. The third-order valence-electron chi connectivity index (χ3n) is 4.54. The van der Waals surface area contributed by atoms with E-state index in [4.69, 9.17) is 0 Å². The molecular formula is C18H17FN6O. The van der Waals surface area contributed by atoms with Gasteiger partial charge in [0.05, 0.1) is 16.8 Å². The second kappa shape index (κ2) is 6.72. The second-order valence-corrected chi connectivity index (χ2v) is 6.31. The Kier molecular flexibility index (Phi) is 4.26. The fourth-order valence-electron chi connectivity index (χ4n) is 3.14. The molecule has 4 heterocycles. The number of aromatic amines is 1. The van der Waals surface area contributed by atoms with Gasteiger partial charge in [0, 0.05) is 44.1 Å². The number of pyridine rings is 1. The molecule has 26 heavy (non-hydrogen) atoms. The van der Waals surface area contributed by atoms with Gasteiger partial charge in [-0.1, -0.05) is 6.07 Å². The fraction of sp³-hybridized carbons (Fsp3) is 0.278. The summed E-state index contributed by atoms with van der Waals surface area (Å²) in [4.78, 5) is 33.9. The largest absolute Gasteiger partial charge is 0.306 e. The first-order valence-corrected chi connectivity index (χ1v) is 8.32. The van der Waals surface area contributed by atoms with E-state index in [1.54, 1.807) is 25.4 Å². The molecular weight excluding hydrogens is 335 g/mol. The number of nitrogens with one attached hydrogen (secondary N) is 1. The lowest BCUT2D eigenvalue weighted by molar-refractivity contribution is 0.241. The van der Waals surface area contributed by atoms with Crippen LogP contribution < -0.4 is 5.56 Å². The Balaban J connectivity index is 1.58. The molecule has 0 unspecified atom stereocenters. The predicted molar refractivity (Wildman–Crippen MR) is 92.6 cm³/mol. The molecule has 0 bridgehead atoms. The first-order chi connectivity index (χ1) is 12.6. The van der Waals surface area contributed by atoms with Gasteiger partial charge in [0.1, 0.15) is 12.2 Å². The maximum atomic E-state index is 13.2. The van der Waals surface area contributed by atoms with Crippen LogP contribution in [0.1, 0.15) is 22.5 Å². The summed E-state index contributed by atoms with van der Waals surface area (Å²) >= 11 is 0. The van der Waals surface area contributed by atoms with Crippen molar-refractivity contribution in [2.45, 2.75) is 26.4 Å². The minimum Gasteiger partial charge on any atom is -0.306 e. The molecule has 3 aromatic rings. The summed E-state index contributed by atoms with van der Waals surface area (Å²) in [7, 11) is 0. The van der Waals surface area contributed by atoms with Gasteiger partial charge in [-0.15, -0.1) is 0 Å². The van der Waals surface area contributed by atoms with Crippen molar-refractivity contribution >= 4 is 0 Å². The molecule has 1 aliphatic rings. The summed E-state index contributed by atoms with van der Waals surface area (Å²) in [6.45, 7) is 3.68. The summed E-state index contributed by atoms with van der Waals surface area (Å²) in [5, 5.41) is 0. The highest BCUT2D eigenvalue weighted by molar-refractivity contribution is 5.52. The van der Waals surface area contributed by atoms with E-state index < -0.39 is 5.95 Å². The van der Waals surface area contributed by atoms with Crippen LogP contribution in [0.2, 0.25) is 0 Å². The molecule has 7 nitrogen and oxygen atoms in total. The first kappa shape index (κ1) is 16.5. The number of rotatable bonds is 3. The number of fused-ring (bicyclic) bond motifs is 1. The molecule has 0 spiro atoms. The van der Waals surface area contributed by atoms with Gasteiger partial charge in [-0.05, 0) is 18.6 Å². The third-order valence-corrected chi connectivity index (χ3v) is 4.54. The minimum absolute atomic E-state index is 0.146. The zero-order valence-electron chi connectivity index (χ0n) is 14.2. The van der Waals surface area contributed by atoms with Crippen molar-refractivity contribution in [3.05, 3.63) is 69.7 Å². The van der Waals surface area contributed by atoms with E-state index in [0.29, 0.717) is 42.2 Å². The van der Waals surface area contributed by atoms with Crippen LogP contribution in [-0.4, -0.2) is 36.4 Å². The topological polar surface area (TPSA) is 87.7 Å². The molecule has 0 radical (unpaired) electrons. The molecule has 4 rings (SSSR count). The fourth-order valence-corrected chi connectivity index (χ4v) is 3.14. The molecule has 0 fully saturated rings. The van der Waals surface area contributed by atoms with Crippen LogP contribution in [0.5, 0.6) is 0 Å². The van der Waals surface area contributed by atoms with Crippen LogP contribution in [0.3, 0.4) is 0 Å². The Hall–Kier alpha value is -3.00. The molecule has 0 saturated heterocycles. The Labute approximate surface area is 149 Å². The van der Waals surface area contributed by atoms with Gasteiger partial charge in [-0.3, -0.25) is 9.69 Å². The summed E-state index contributed by atoms with van der Waals surface area (Å²) in [5.74, 6) is 0.00897. The van der Waals surface area contributed by atoms with E-state index >= 15 is 0 Å². The van der Waals surface area contributed by atoms with E-state index in [9.17, 15) is 9.18 Å². The van der Waals surface area contributed by atoms with Crippen molar-refractivity contribution in [2.75, 3.05) is 6.54 Å². The van der Waals surface area contributed by atoms with Crippen LogP contribution in [0.4, 0.5) is 4.39 Å². The molecule has 1 aliphatic heterocycles. The molecule has 0 aromatic carbocycles. The van der Waals surface area contributed by atoms with Crippen LogP contribution in [-0.2, 0) is 19.5 Å². The molecule has 1 N–H and O–H groups in total. The highest BCUT2D eigenvalue weighted by Crippen LogP contribution is 2.20. The van der Waals surface area contributed by atoms with Gasteiger partial charge in [0.25, 0.3) is 5.56 Å². The summed E-state index contributed by atoms with van der Waals surface area (Å²) < 4.78 is 13.2. The van der Waals surface area contributed by atoms with Crippen molar-refractivity contribution in [3.8, 4) is 11.4 Å². The Morgan fingerprint density at radius 1 is 1.23 bits per heavy atom. The Morgan fingerprint density at radius 2 is 2.04 bits per heavy atom. The minimum atomic E-state index is -0.478. The van der Waals surface area contributed by atoms with Gasteiger partial charge < -0.3 is 4.98 Å². The van der Waals surface area contributed by atoms with Crippen molar-refractivity contribution in [1.82, 2.24) is 29.8 Å². The highest BCUT2D eigenvalue weighted by atomic mass is 19.1. The normalized spacial score (nSPS) is 14.2. The molecule has 8 heteroatoms. The maximum Gasteiger partial charge on any atom is 0.255 e. The lowest BCUT2D eigenvalue weighted by Crippen LogP contribution is -2.35. The standard InChI is InChI=1S/C18H17FN6O/c1-11-12(2-3-16(19)22-11)8-25-5-4-15-14(9-25)18(26)24-17(23-15)13-6-20-10-21-7-13/h2-3,6-7,10H,4-5,8-9H2,1H3,(H,23,24,26). The van der Waals surface area contributed by atoms with E-state index in [0.717, 1.165) is 17.8 Å². The lowest BCUT2D eigenvalue weighted by atomic mass is 10.1. The van der Waals surface area contributed by atoms with E-state index in [-0.39, 0.29) is 5.56 Å². The second-order valence-electron chi connectivity index (χ2n) is 6.31. The summed E-state index contributed by atoms with van der Waals surface area (Å²) in [6, 6.07) is 3.11.